The van der Waals surface area contributed by atoms with Crippen LogP contribution in [0.5, 0.6) is 0 Å². The topological polar surface area (TPSA) is 59.1 Å². The maximum atomic E-state index is 12.9. The van der Waals surface area contributed by atoms with E-state index < -0.39 is 15.8 Å². The fraction of sp³-hybridized carbons (Fsp3) is 0. The van der Waals surface area contributed by atoms with E-state index in [1.807, 2.05) is 0 Å². The Labute approximate surface area is 121 Å². The molecule has 0 fully saturated rings. The van der Waals surface area contributed by atoms with Gasteiger partial charge in [-0.2, -0.15) is 0 Å². The van der Waals surface area contributed by atoms with Gasteiger partial charge in [-0.3, -0.25) is 9.71 Å². The molecule has 106 valence electrons. The van der Waals surface area contributed by atoms with E-state index in [0.717, 1.165) is 12.1 Å². The van der Waals surface area contributed by atoms with Crippen LogP contribution in [-0.2, 0) is 10.0 Å². The quantitative estimate of drug-likeness (QED) is 0.808. The monoisotopic (exact) mass is 302 g/mol. The van der Waals surface area contributed by atoms with Gasteiger partial charge in [0.05, 0.1) is 16.1 Å². The first kappa shape index (κ1) is 13.5. The van der Waals surface area contributed by atoms with E-state index >= 15 is 0 Å². The number of sulfonamides is 1. The van der Waals surface area contributed by atoms with Crippen LogP contribution in [0.25, 0.3) is 10.9 Å². The summed E-state index contributed by atoms with van der Waals surface area (Å²) in [7, 11) is -3.77. The zero-order valence-corrected chi connectivity index (χ0v) is 11.6. The van der Waals surface area contributed by atoms with Gasteiger partial charge in [-0.15, -0.1) is 0 Å². The van der Waals surface area contributed by atoms with E-state index in [1.165, 1.54) is 12.1 Å². The molecule has 6 heteroatoms. The van der Waals surface area contributed by atoms with Gasteiger partial charge in [0.15, 0.2) is 0 Å². The lowest BCUT2D eigenvalue weighted by molar-refractivity contribution is 0.599. The molecule has 0 radical (unpaired) electrons. The SMILES string of the molecule is O=S(=O)(Nc1cccc2ncccc12)c1ccc(F)cc1. The van der Waals surface area contributed by atoms with E-state index in [0.29, 0.717) is 16.6 Å². The lowest BCUT2D eigenvalue weighted by Gasteiger charge is -2.10. The van der Waals surface area contributed by atoms with Crippen molar-refractivity contribution in [1.29, 1.82) is 0 Å². The number of halogens is 1. The fourth-order valence-corrected chi connectivity index (χ4v) is 3.09. The number of hydrogen-bond donors (Lipinski definition) is 1. The second-order valence-electron chi connectivity index (χ2n) is 4.44. The first-order chi connectivity index (χ1) is 10.1. The summed E-state index contributed by atoms with van der Waals surface area (Å²) in [4.78, 5) is 4.18. The minimum absolute atomic E-state index is 0.00444. The summed E-state index contributed by atoms with van der Waals surface area (Å²) < 4.78 is 40.0. The highest BCUT2D eigenvalue weighted by atomic mass is 32.2. The van der Waals surface area contributed by atoms with Crippen molar-refractivity contribution in [1.82, 2.24) is 4.98 Å². The van der Waals surface area contributed by atoms with E-state index in [4.69, 9.17) is 0 Å². The molecule has 4 nitrogen and oxygen atoms in total. The largest absolute Gasteiger partial charge is 0.279 e. The third-order valence-electron chi connectivity index (χ3n) is 3.01. The number of fused-ring (bicyclic) bond motifs is 1. The van der Waals surface area contributed by atoms with Crippen LogP contribution in [0.2, 0.25) is 0 Å². The Morgan fingerprint density at radius 2 is 1.71 bits per heavy atom. The highest BCUT2D eigenvalue weighted by Crippen LogP contribution is 2.24. The van der Waals surface area contributed by atoms with Gasteiger partial charge < -0.3 is 0 Å². The van der Waals surface area contributed by atoms with Crippen LogP contribution in [-0.4, -0.2) is 13.4 Å². The highest BCUT2D eigenvalue weighted by Gasteiger charge is 2.15. The minimum atomic E-state index is -3.77. The number of rotatable bonds is 3. The van der Waals surface area contributed by atoms with Crippen molar-refractivity contribution in [2.24, 2.45) is 0 Å². The highest BCUT2D eigenvalue weighted by molar-refractivity contribution is 7.92. The van der Waals surface area contributed by atoms with Crippen LogP contribution >= 0.6 is 0 Å². The Bertz CT molecular complexity index is 888. The molecule has 1 heterocycles. The Kier molecular flexibility index (Phi) is 3.31. The van der Waals surface area contributed by atoms with Crippen LogP contribution in [0, 0.1) is 5.82 Å². The molecule has 0 amide bonds. The van der Waals surface area contributed by atoms with Crippen molar-refractivity contribution in [3.8, 4) is 0 Å². The summed E-state index contributed by atoms with van der Waals surface area (Å²) in [6.45, 7) is 0. The van der Waals surface area contributed by atoms with Crippen LogP contribution in [0.3, 0.4) is 0 Å². The predicted molar refractivity (Wildman–Crippen MR) is 79.0 cm³/mol. The summed E-state index contributed by atoms with van der Waals surface area (Å²) in [5.74, 6) is -0.483. The Morgan fingerprint density at radius 3 is 2.48 bits per heavy atom. The molecule has 21 heavy (non-hydrogen) atoms. The molecule has 0 atom stereocenters. The molecule has 3 aromatic rings. The molecule has 0 aliphatic rings. The number of hydrogen-bond acceptors (Lipinski definition) is 3. The lowest BCUT2D eigenvalue weighted by Crippen LogP contribution is -2.13. The molecule has 0 bridgehead atoms. The summed E-state index contributed by atoms with van der Waals surface area (Å²) >= 11 is 0. The standard InChI is InChI=1S/C15H11FN2O2S/c16-11-6-8-12(9-7-11)21(19,20)18-15-5-1-4-14-13(15)3-2-10-17-14/h1-10,18H. The second-order valence-corrected chi connectivity index (χ2v) is 6.12. The third-order valence-corrected chi connectivity index (χ3v) is 4.40. The van der Waals surface area contributed by atoms with Crippen molar-refractivity contribution in [3.63, 3.8) is 0 Å². The number of nitrogens with zero attached hydrogens (tertiary/aromatic N) is 1. The van der Waals surface area contributed by atoms with Gasteiger partial charge in [0.2, 0.25) is 0 Å². The molecule has 0 unspecified atom stereocenters. The zero-order valence-electron chi connectivity index (χ0n) is 10.8. The number of anilines is 1. The van der Waals surface area contributed by atoms with Crippen LogP contribution < -0.4 is 4.72 Å². The van der Waals surface area contributed by atoms with Gasteiger partial charge in [0.1, 0.15) is 5.82 Å². The second kappa shape index (κ2) is 5.14. The van der Waals surface area contributed by atoms with E-state index in [-0.39, 0.29) is 4.90 Å². The molecular weight excluding hydrogens is 291 g/mol. The number of benzene rings is 2. The molecule has 0 spiro atoms. The molecule has 1 N–H and O–H groups in total. The summed E-state index contributed by atoms with van der Waals surface area (Å²) in [6.07, 6.45) is 1.64. The van der Waals surface area contributed by atoms with Gasteiger partial charge in [-0.05, 0) is 48.5 Å². The number of nitrogens with one attached hydrogen (secondary N) is 1. The van der Waals surface area contributed by atoms with Crippen molar-refractivity contribution < 1.29 is 12.8 Å². The molecular formula is C15H11FN2O2S. The predicted octanol–water partition coefficient (Wildman–Crippen LogP) is 3.17. The first-order valence-corrected chi connectivity index (χ1v) is 7.67. The smallest absolute Gasteiger partial charge is 0.261 e. The van der Waals surface area contributed by atoms with Crippen molar-refractivity contribution in [2.75, 3.05) is 4.72 Å². The summed E-state index contributed by atoms with van der Waals surface area (Å²) in [5, 5.41) is 0.700. The molecule has 0 saturated carbocycles. The number of aromatic nitrogens is 1. The Morgan fingerprint density at radius 1 is 0.952 bits per heavy atom. The molecule has 0 saturated heterocycles. The molecule has 3 rings (SSSR count). The average Bonchev–Trinajstić information content (AvgIpc) is 2.48. The zero-order chi connectivity index (χ0) is 14.9. The van der Waals surface area contributed by atoms with Gasteiger partial charge in [0.25, 0.3) is 10.0 Å². The Balaban J connectivity index is 2.03. The summed E-state index contributed by atoms with van der Waals surface area (Å²) in [5.41, 5.74) is 1.13. The molecule has 0 aliphatic heterocycles. The normalized spacial score (nSPS) is 11.5. The fourth-order valence-electron chi connectivity index (χ4n) is 2.01. The van der Waals surface area contributed by atoms with Crippen molar-refractivity contribution >= 4 is 26.6 Å². The minimum Gasteiger partial charge on any atom is -0.279 e. The van der Waals surface area contributed by atoms with Gasteiger partial charge in [-0.1, -0.05) is 6.07 Å². The number of pyridine rings is 1. The average molecular weight is 302 g/mol. The maximum Gasteiger partial charge on any atom is 0.261 e. The van der Waals surface area contributed by atoms with E-state index in [9.17, 15) is 12.8 Å². The molecule has 0 aliphatic carbocycles. The molecule has 1 aromatic heterocycles. The van der Waals surface area contributed by atoms with Crippen LogP contribution in [0.1, 0.15) is 0 Å². The lowest BCUT2D eigenvalue weighted by atomic mass is 10.2. The van der Waals surface area contributed by atoms with E-state index in [1.54, 1.807) is 36.5 Å². The van der Waals surface area contributed by atoms with Crippen LogP contribution in [0.4, 0.5) is 10.1 Å². The van der Waals surface area contributed by atoms with Gasteiger partial charge in [-0.25, -0.2) is 12.8 Å². The van der Waals surface area contributed by atoms with Crippen LogP contribution in [0.15, 0.2) is 65.7 Å². The molecule has 2 aromatic carbocycles. The van der Waals surface area contributed by atoms with Gasteiger partial charge >= 0.3 is 0 Å². The summed E-state index contributed by atoms with van der Waals surface area (Å²) in [6, 6.07) is 13.4. The first-order valence-electron chi connectivity index (χ1n) is 6.18. The van der Waals surface area contributed by atoms with Gasteiger partial charge in [0, 0.05) is 11.6 Å². The maximum absolute atomic E-state index is 12.9. The third kappa shape index (κ3) is 2.71. The van der Waals surface area contributed by atoms with E-state index in [2.05, 4.69) is 9.71 Å². The van der Waals surface area contributed by atoms with Crippen molar-refractivity contribution in [3.05, 3.63) is 66.6 Å². The Hall–Kier alpha value is -2.47. The van der Waals surface area contributed by atoms with Crippen molar-refractivity contribution in [2.45, 2.75) is 4.90 Å².